The summed E-state index contributed by atoms with van der Waals surface area (Å²) in [6.45, 7) is 7.45. The van der Waals surface area contributed by atoms with Gasteiger partial charge in [0, 0.05) is 6.10 Å². The van der Waals surface area contributed by atoms with Gasteiger partial charge in [0.15, 0.2) is 0 Å². The van der Waals surface area contributed by atoms with Gasteiger partial charge in [-0.15, -0.1) is 0 Å². The van der Waals surface area contributed by atoms with E-state index >= 15 is 0 Å². The molecule has 0 heterocycles. The normalized spacial score (nSPS) is 11.9. The minimum absolute atomic E-state index is 0.111. The Morgan fingerprint density at radius 3 is 1.93 bits per heavy atom. The van der Waals surface area contributed by atoms with Crippen LogP contribution in [0.3, 0.4) is 0 Å². The number of aliphatic hydroxyl groups is 1. The van der Waals surface area contributed by atoms with Gasteiger partial charge >= 0.3 is 5.97 Å². The molecule has 0 rings (SSSR count). The van der Waals surface area contributed by atoms with E-state index in [4.69, 9.17) is 10.2 Å². The minimum atomic E-state index is -0.643. The van der Waals surface area contributed by atoms with Crippen LogP contribution in [0.4, 0.5) is 0 Å². The van der Waals surface area contributed by atoms with Crippen molar-refractivity contribution in [2.75, 3.05) is 0 Å². The van der Waals surface area contributed by atoms with Gasteiger partial charge in [0.25, 0.3) is 0 Å². The number of carboxylic acids is 1. The van der Waals surface area contributed by atoms with E-state index in [1.165, 1.54) is 0 Å². The second-order valence-electron chi connectivity index (χ2n) is 3.68. The molecule has 0 aromatic carbocycles. The average Bonchev–Trinajstić information content (AvgIpc) is 2.04. The van der Waals surface area contributed by atoms with Crippen molar-refractivity contribution in [3.63, 3.8) is 0 Å². The van der Waals surface area contributed by atoms with Gasteiger partial charge in [-0.05, 0) is 26.7 Å². The Hall–Kier alpha value is -0.570. The molecule has 0 spiro atoms. The summed E-state index contributed by atoms with van der Waals surface area (Å²) >= 11 is 0. The van der Waals surface area contributed by atoms with Gasteiger partial charge in [0.1, 0.15) is 0 Å². The quantitative estimate of drug-likeness (QED) is 0.724. The molecule has 0 saturated carbocycles. The van der Waals surface area contributed by atoms with Crippen molar-refractivity contribution in [2.24, 2.45) is 5.92 Å². The van der Waals surface area contributed by atoms with Gasteiger partial charge in [-0.1, -0.05) is 26.7 Å². The van der Waals surface area contributed by atoms with E-state index in [0.717, 1.165) is 25.7 Å². The van der Waals surface area contributed by atoms with Crippen LogP contribution in [0.15, 0.2) is 0 Å². The highest BCUT2D eigenvalue weighted by atomic mass is 16.4. The van der Waals surface area contributed by atoms with Crippen molar-refractivity contribution in [1.82, 2.24) is 0 Å². The zero-order valence-electron chi connectivity index (χ0n) is 9.79. The zero-order chi connectivity index (χ0) is 11.6. The number of unbranched alkanes of at least 4 members (excludes halogenated alkanes) is 1. The molecular formula is C11H24O3. The molecule has 86 valence electrons. The number of carboxylic acid groups (broad SMARTS) is 1. The van der Waals surface area contributed by atoms with Gasteiger partial charge in [-0.3, -0.25) is 4.79 Å². The van der Waals surface area contributed by atoms with E-state index < -0.39 is 5.97 Å². The van der Waals surface area contributed by atoms with E-state index in [1.807, 2.05) is 6.92 Å². The molecule has 2 N–H and O–H groups in total. The molecule has 0 aliphatic carbocycles. The van der Waals surface area contributed by atoms with Gasteiger partial charge < -0.3 is 10.2 Å². The Bertz CT molecular complexity index is 130. The van der Waals surface area contributed by atoms with E-state index in [1.54, 1.807) is 13.8 Å². The summed E-state index contributed by atoms with van der Waals surface area (Å²) in [6.07, 6.45) is 3.55. The minimum Gasteiger partial charge on any atom is -0.481 e. The predicted molar refractivity (Wildman–Crippen MR) is 58.3 cm³/mol. The van der Waals surface area contributed by atoms with Gasteiger partial charge in [0.2, 0.25) is 0 Å². The fraction of sp³-hybridized carbons (Fsp3) is 0.909. The highest BCUT2D eigenvalue weighted by Crippen LogP contribution is 2.11. The van der Waals surface area contributed by atoms with Crippen LogP contribution < -0.4 is 0 Å². The van der Waals surface area contributed by atoms with Crippen LogP contribution >= 0.6 is 0 Å². The number of hydrogen-bond donors (Lipinski definition) is 2. The second kappa shape index (κ2) is 10.5. The highest BCUT2D eigenvalue weighted by Gasteiger charge is 2.12. The van der Waals surface area contributed by atoms with E-state index in [-0.39, 0.29) is 12.0 Å². The number of aliphatic carboxylic acids is 1. The van der Waals surface area contributed by atoms with E-state index in [2.05, 4.69) is 6.92 Å². The molecule has 0 aliphatic heterocycles. The lowest BCUT2D eigenvalue weighted by Crippen LogP contribution is -2.11. The summed E-state index contributed by atoms with van der Waals surface area (Å²) in [5.74, 6) is -0.754. The van der Waals surface area contributed by atoms with Gasteiger partial charge in [-0.25, -0.2) is 0 Å². The molecule has 14 heavy (non-hydrogen) atoms. The Labute approximate surface area is 87.1 Å². The maximum absolute atomic E-state index is 10.4. The molecule has 0 amide bonds. The van der Waals surface area contributed by atoms with Crippen molar-refractivity contribution in [1.29, 1.82) is 0 Å². The molecule has 0 bridgehead atoms. The number of carbonyl (C=O) groups is 1. The van der Waals surface area contributed by atoms with Crippen molar-refractivity contribution in [3.8, 4) is 0 Å². The van der Waals surface area contributed by atoms with Crippen LogP contribution in [-0.4, -0.2) is 22.3 Å². The molecule has 3 nitrogen and oxygen atoms in total. The first kappa shape index (κ1) is 15.9. The standard InChI is InChI=1S/C8H16O2.C3H8O/c1-3-5-6-7(4-2)8(9)10;1-3(2)4/h7H,3-6H2,1-2H3,(H,9,10);3-4H,1-2H3. The summed E-state index contributed by atoms with van der Waals surface area (Å²) in [5.41, 5.74) is 0. The van der Waals surface area contributed by atoms with Crippen LogP contribution in [0.1, 0.15) is 53.4 Å². The van der Waals surface area contributed by atoms with Gasteiger partial charge in [0.05, 0.1) is 5.92 Å². The fourth-order valence-corrected chi connectivity index (χ4v) is 0.953. The molecule has 0 fully saturated rings. The first-order valence-electron chi connectivity index (χ1n) is 5.36. The lowest BCUT2D eigenvalue weighted by molar-refractivity contribution is -0.142. The lowest BCUT2D eigenvalue weighted by atomic mass is 10.00. The number of hydrogen-bond acceptors (Lipinski definition) is 2. The molecule has 0 saturated heterocycles. The zero-order valence-corrected chi connectivity index (χ0v) is 9.79. The molecule has 0 aromatic rings. The summed E-state index contributed by atoms with van der Waals surface area (Å²) in [7, 11) is 0. The van der Waals surface area contributed by atoms with Crippen molar-refractivity contribution >= 4 is 5.97 Å². The Morgan fingerprint density at radius 2 is 1.71 bits per heavy atom. The van der Waals surface area contributed by atoms with Crippen LogP contribution in [0.5, 0.6) is 0 Å². The predicted octanol–water partition coefficient (Wildman–Crippen LogP) is 2.67. The highest BCUT2D eigenvalue weighted by molar-refractivity contribution is 5.69. The first-order chi connectivity index (χ1) is 6.45. The van der Waals surface area contributed by atoms with Crippen molar-refractivity contribution in [3.05, 3.63) is 0 Å². The summed E-state index contributed by atoms with van der Waals surface area (Å²) in [6, 6.07) is 0. The Balaban J connectivity index is 0. The molecule has 0 aliphatic rings. The maximum Gasteiger partial charge on any atom is 0.306 e. The topological polar surface area (TPSA) is 57.5 Å². The molecule has 3 heteroatoms. The van der Waals surface area contributed by atoms with Crippen LogP contribution in [0.2, 0.25) is 0 Å². The van der Waals surface area contributed by atoms with Crippen molar-refractivity contribution in [2.45, 2.75) is 59.5 Å². The number of rotatable bonds is 5. The molecule has 1 unspecified atom stereocenters. The average molecular weight is 204 g/mol. The maximum atomic E-state index is 10.4. The van der Waals surface area contributed by atoms with Crippen LogP contribution in [-0.2, 0) is 4.79 Å². The fourth-order valence-electron chi connectivity index (χ4n) is 0.953. The van der Waals surface area contributed by atoms with Gasteiger partial charge in [-0.2, -0.15) is 0 Å². The smallest absolute Gasteiger partial charge is 0.306 e. The van der Waals surface area contributed by atoms with E-state index in [9.17, 15) is 4.79 Å². The third-order valence-corrected chi connectivity index (χ3v) is 1.75. The summed E-state index contributed by atoms with van der Waals surface area (Å²) in [5, 5.41) is 16.7. The lowest BCUT2D eigenvalue weighted by Gasteiger charge is -2.06. The largest absolute Gasteiger partial charge is 0.481 e. The third-order valence-electron chi connectivity index (χ3n) is 1.75. The van der Waals surface area contributed by atoms with Crippen LogP contribution in [0.25, 0.3) is 0 Å². The Morgan fingerprint density at radius 1 is 1.29 bits per heavy atom. The van der Waals surface area contributed by atoms with Crippen molar-refractivity contribution < 1.29 is 15.0 Å². The van der Waals surface area contributed by atoms with E-state index in [0.29, 0.717) is 0 Å². The summed E-state index contributed by atoms with van der Waals surface area (Å²) in [4.78, 5) is 10.4. The first-order valence-corrected chi connectivity index (χ1v) is 5.36. The summed E-state index contributed by atoms with van der Waals surface area (Å²) < 4.78 is 0. The molecule has 0 radical (unpaired) electrons. The molecule has 1 atom stereocenters. The Kier molecular flexibility index (Phi) is 11.9. The third kappa shape index (κ3) is 14.0. The second-order valence-corrected chi connectivity index (χ2v) is 3.68. The SMILES string of the molecule is CC(C)O.CCCCC(CC)C(=O)O. The molecule has 0 aromatic heterocycles. The number of aliphatic hydroxyl groups excluding tert-OH is 1. The van der Waals surface area contributed by atoms with Crippen LogP contribution in [0, 0.1) is 5.92 Å². The monoisotopic (exact) mass is 204 g/mol. The molecular weight excluding hydrogens is 180 g/mol.